The molecule has 10 N–H and O–H groups in total. The van der Waals surface area contributed by atoms with Gasteiger partial charge >= 0.3 is 71.1 Å². The Morgan fingerprint density at radius 3 is 0.886 bits per heavy atom. The van der Waals surface area contributed by atoms with Crippen molar-refractivity contribution in [1.82, 2.24) is 0 Å². The van der Waals surface area contributed by atoms with Crippen LogP contribution in [-0.2, 0) is 16.5 Å². The van der Waals surface area contributed by atoms with Gasteiger partial charge in [-0.2, -0.15) is 0 Å². The second-order valence-corrected chi connectivity index (χ2v) is 8.68. The van der Waals surface area contributed by atoms with Gasteiger partial charge in [-0.3, -0.25) is 0 Å². The number of halogens is 2. The number of nitrogens with two attached hydrogens (primary N) is 2. The van der Waals surface area contributed by atoms with Crippen molar-refractivity contribution in [1.29, 1.82) is 0 Å². The Kier molecular flexibility index (Phi) is 17.5. The van der Waals surface area contributed by atoms with E-state index in [0.29, 0.717) is 0 Å². The number of carboxylic acids is 6. The van der Waals surface area contributed by atoms with Crippen molar-refractivity contribution in [2.24, 2.45) is 0 Å². The molecule has 2 aromatic rings. The SMILES string of the molecule is O=C(O)c1ccc(C(=O)O)c(C(=O)O)c1.O=C(O)c1ccc(C(=O)O)c(C(=O)O)c1.[Cl][Pt+2][Cl].[NH2-].[NH2-]. The quantitative estimate of drug-likeness (QED) is 0.243. The molecular formula is C18H16Cl2N2O12Pt. The summed E-state index contributed by atoms with van der Waals surface area (Å²) in [5.41, 5.74) is -2.49. The zero-order chi connectivity index (χ0) is 25.9. The third-order valence-electron chi connectivity index (χ3n) is 3.45. The smallest absolute Gasteiger partial charge is 0.693 e. The third kappa shape index (κ3) is 11.4. The van der Waals surface area contributed by atoms with Crippen LogP contribution in [0.25, 0.3) is 12.3 Å². The molecule has 0 atom stereocenters. The summed E-state index contributed by atoms with van der Waals surface area (Å²) in [6.45, 7) is 0. The average molecular weight is 718 g/mol. The minimum atomic E-state index is -1.48. The number of hydrogen-bond donors (Lipinski definition) is 6. The van der Waals surface area contributed by atoms with Crippen LogP contribution in [0.15, 0.2) is 36.4 Å². The Labute approximate surface area is 212 Å². The minimum Gasteiger partial charge on any atom is -0.693 e. The van der Waals surface area contributed by atoms with Gasteiger partial charge in [0.05, 0.1) is 33.4 Å². The molecule has 2 rings (SSSR count). The summed E-state index contributed by atoms with van der Waals surface area (Å²) in [5.74, 6) is -8.40. The maximum atomic E-state index is 10.6. The fraction of sp³-hybridized carbons (Fsp3) is 0. The van der Waals surface area contributed by atoms with Gasteiger partial charge in [-0.15, -0.1) is 0 Å². The van der Waals surface area contributed by atoms with E-state index in [1.54, 1.807) is 0 Å². The van der Waals surface area contributed by atoms with Crippen molar-refractivity contribution in [2.75, 3.05) is 0 Å². The standard InChI is InChI=1S/2C9H6O6.2ClH.2H2N.Pt/c2*10-7(11)4-1-2-5(8(12)13)6(3-4)9(14)15;;;;;/h2*1-3H,(H,10,11)(H,12,13)(H,14,15);2*1H;2*1H2;/q;;;;2*-1;+4/p-2. The molecule has 0 aliphatic carbocycles. The van der Waals surface area contributed by atoms with Crippen LogP contribution >= 0.6 is 18.8 Å². The van der Waals surface area contributed by atoms with E-state index in [2.05, 4.69) is 0 Å². The van der Waals surface area contributed by atoms with Gasteiger partial charge in [0.15, 0.2) is 0 Å². The van der Waals surface area contributed by atoms with Crippen molar-refractivity contribution < 1.29 is 75.9 Å². The normalized spacial score (nSPS) is 8.86. The molecule has 2 aromatic carbocycles. The molecule has 0 radical (unpaired) electrons. The van der Waals surface area contributed by atoms with Crippen LogP contribution in [0, 0.1) is 0 Å². The van der Waals surface area contributed by atoms with Crippen LogP contribution in [0.3, 0.4) is 0 Å². The topological polar surface area (TPSA) is 291 Å². The summed E-state index contributed by atoms with van der Waals surface area (Å²) in [4.78, 5) is 63.5. The van der Waals surface area contributed by atoms with E-state index in [1.165, 1.54) is 0 Å². The summed E-state index contributed by atoms with van der Waals surface area (Å²) >= 11 is -0.472. The van der Waals surface area contributed by atoms with E-state index in [9.17, 15) is 28.8 Å². The van der Waals surface area contributed by atoms with Gasteiger partial charge in [0.1, 0.15) is 0 Å². The first-order chi connectivity index (χ1) is 15.3. The van der Waals surface area contributed by atoms with E-state index in [0.717, 1.165) is 36.4 Å². The molecule has 0 aliphatic rings. The predicted molar refractivity (Wildman–Crippen MR) is 117 cm³/mol. The van der Waals surface area contributed by atoms with E-state index in [4.69, 9.17) is 49.5 Å². The number of carbonyl (C=O) groups is 6. The van der Waals surface area contributed by atoms with Crippen LogP contribution < -0.4 is 0 Å². The summed E-state index contributed by atoms with van der Waals surface area (Å²) < 4.78 is 0. The Morgan fingerprint density at radius 1 is 0.486 bits per heavy atom. The second-order valence-electron chi connectivity index (χ2n) is 5.40. The van der Waals surface area contributed by atoms with Crippen molar-refractivity contribution in [3.8, 4) is 0 Å². The Bertz CT molecular complexity index is 1030. The van der Waals surface area contributed by atoms with E-state index in [1.807, 2.05) is 0 Å². The summed E-state index contributed by atoms with van der Waals surface area (Å²) in [6.07, 6.45) is 0. The molecule has 0 saturated heterocycles. The first-order valence-electron chi connectivity index (χ1n) is 7.78. The van der Waals surface area contributed by atoms with Crippen LogP contribution in [-0.4, -0.2) is 66.5 Å². The van der Waals surface area contributed by atoms with Crippen molar-refractivity contribution in [3.05, 3.63) is 82.1 Å². The maximum absolute atomic E-state index is 10.6. The van der Waals surface area contributed by atoms with Gasteiger partial charge < -0.3 is 42.9 Å². The molecule has 0 spiro atoms. The van der Waals surface area contributed by atoms with Gasteiger partial charge in [-0.1, -0.05) is 0 Å². The Balaban J connectivity index is -0.000000500. The molecule has 0 fully saturated rings. The molecule has 0 bridgehead atoms. The number of carboxylic acid groups (broad SMARTS) is 6. The van der Waals surface area contributed by atoms with Crippen molar-refractivity contribution in [3.63, 3.8) is 0 Å². The third-order valence-corrected chi connectivity index (χ3v) is 3.45. The summed E-state index contributed by atoms with van der Waals surface area (Å²) in [7, 11) is 9.75. The van der Waals surface area contributed by atoms with Gasteiger partial charge in [-0.25, -0.2) is 28.8 Å². The van der Waals surface area contributed by atoms with Crippen LogP contribution in [0.1, 0.15) is 62.1 Å². The van der Waals surface area contributed by atoms with Crippen LogP contribution in [0.4, 0.5) is 0 Å². The maximum Gasteiger partial charge on any atom is -0.693 e. The monoisotopic (exact) mass is 717 g/mol. The molecule has 14 nitrogen and oxygen atoms in total. The number of hydrogen-bond acceptors (Lipinski definition) is 6. The molecule has 0 heterocycles. The van der Waals surface area contributed by atoms with Crippen molar-refractivity contribution >= 4 is 54.7 Å². The van der Waals surface area contributed by atoms with Gasteiger partial charge in [0, 0.05) is 0 Å². The Hall–Kier alpha value is -3.55. The second kappa shape index (κ2) is 17.0. The molecular weight excluding hydrogens is 702 g/mol. The predicted octanol–water partition coefficient (Wildman–Crippen LogP) is 4.37. The largest absolute Gasteiger partial charge is 0.693 e. The molecule has 17 heteroatoms. The first-order valence-corrected chi connectivity index (χ1v) is 13.4. The molecule has 0 saturated carbocycles. The first kappa shape index (κ1) is 36.0. The zero-order valence-corrected chi connectivity index (χ0v) is 20.6. The van der Waals surface area contributed by atoms with Crippen molar-refractivity contribution in [2.45, 2.75) is 0 Å². The fourth-order valence-electron chi connectivity index (χ4n) is 2.08. The number of benzene rings is 2. The van der Waals surface area contributed by atoms with Crippen LogP contribution in [0.5, 0.6) is 0 Å². The van der Waals surface area contributed by atoms with E-state index < -0.39 is 74.6 Å². The minimum absolute atomic E-state index is 0. The molecule has 35 heavy (non-hydrogen) atoms. The average Bonchev–Trinajstić information content (AvgIpc) is 2.73. The zero-order valence-electron chi connectivity index (χ0n) is 16.8. The Morgan fingerprint density at radius 2 is 0.714 bits per heavy atom. The van der Waals surface area contributed by atoms with E-state index >= 15 is 0 Å². The van der Waals surface area contributed by atoms with Gasteiger partial charge in [-0.05, 0) is 36.4 Å². The van der Waals surface area contributed by atoms with E-state index in [-0.39, 0.29) is 23.4 Å². The molecule has 194 valence electrons. The fourth-order valence-corrected chi connectivity index (χ4v) is 2.08. The number of aromatic carboxylic acids is 6. The molecule has 0 unspecified atom stereocenters. The van der Waals surface area contributed by atoms with Gasteiger partial charge in [0.25, 0.3) is 0 Å². The summed E-state index contributed by atoms with van der Waals surface area (Å²) in [5, 5.41) is 51.8. The van der Waals surface area contributed by atoms with Gasteiger partial charge in [0.2, 0.25) is 0 Å². The number of rotatable bonds is 6. The van der Waals surface area contributed by atoms with Crippen LogP contribution in [0.2, 0.25) is 0 Å². The molecule has 0 amide bonds. The summed E-state index contributed by atoms with van der Waals surface area (Å²) in [6, 6.07) is 5.61. The molecule has 0 aromatic heterocycles. The molecule has 0 aliphatic heterocycles.